The van der Waals surface area contributed by atoms with Gasteiger partial charge in [-0.2, -0.15) is 0 Å². The molecule has 3 atom stereocenters. The molecule has 1 saturated carbocycles. The average Bonchev–Trinajstić information content (AvgIpc) is 2.57. The van der Waals surface area contributed by atoms with Crippen molar-refractivity contribution in [3.63, 3.8) is 0 Å². The summed E-state index contributed by atoms with van der Waals surface area (Å²) in [5.41, 5.74) is -0.679. The number of nitrogens with one attached hydrogen (secondary N) is 1. The van der Waals surface area contributed by atoms with E-state index >= 15 is 0 Å². The highest BCUT2D eigenvalue weighted by Gasteiger charge is 2.38. The molecule has 104 valence electrons. The number of alkyl carbamates (subject to hydrolysis) is 1. The van der Waals surface area contributed by atoms with E-state index in [1.165, 1.54) is 0 Å². The molecule has 1 fully saturated rings. The van der Waals surface area contributed by atoms with Crippen LogP contribution in [0.4, 0.5) is 4.79 Å². The Balaban J connectivity index is 2.64. The summed E-state index contributed by atoms with van der Waals surface area (Å²) < 4.78 is 5.02. The highest BCUT2D eigenvalue weighted by molar-refractivity contribution is 5.80. The topological polar surface area (TPSA) is 95.9 Å². The lowest BCUT2D eigenvalue weighted by Gasteiger charge is -2.26. The molecule has 1 amide bonds. The molecule has 0 aromatic rings. The number of hydrogen-bond donors (Lipinski definition) is 3. The summed E-state index contributed by atoms with van der Waals surface area (Å²) >= 11 is 0. The zero-order chi connectivity index (χ0) is 13.9. The SMILES string of the molecule is CC(C)(C)OC(=O)NC(C(=O)O)C1CCCC1O. The molecular formula is C12H21NO5. The molecule has 0 aliphatic heterocycles. The molecule has 3 unspecified atom stereocenters. The Morgan fingerprint density at radius 3 is 2.33 bits per heavy atom. The van der Waals surface area contributed by atoms with Gasteiger partial charge in [-0.25, -0.2) is 9.59 Å². The lowest BCUT2D eigenvalue weighted by molar-refractivity contribution is -0.142. The standard InChI is InChI=1S/C12H21NO5/c1-12(2,3)18-11(17)13-9(10(15)16)7-5-4-6-8(7)14/h7-9,14H,4-6H2,1-3H3,(H,13,17)(H,15,16). The average molecular weight is 259 g/mol. The van der Waals surface area contributed by atoms with Crippen LogP contribution in [-0.2, 0) is 9.53 Å². The molecule has 0 radical (unpaired) electrons. The van der Waals surface area contributed by atoms with E-state index < -0.39 is 35.7 Å². The number of carbonyl (C=O) groups is 2. The Bertz CT molecular complexity index is 323. The predicted molar refractivity (Wildman–Crippen MR) is 64.1 cm³/mol. The number of aliphatic carboxylic acids is 1. The van der Waals surface area contributed by atoms with E-state index in [9.17, 15) is 14.7 Å². The number of aliphatic hydroxyl groups is 1. The first-order valence-electron chi connectivity index (χ1n) is 6.11. The van der Waals surface area contributed by atoms with Crippen LogP contribution < -0.4 is 5.32 Å². The first-order chi connectivity index (χ1) is 8.20. The second-order valence-corrected chi connectivity index (χ2v) is 5.62. The van der Waals surface area contributed by atoms with Crippen LogP contribution in [0, 0.1) is 5.92 Å². The molecule has 1 aliphatic carbocycles. The maximum Gasteiger partial charge on any atom is 0.408 e. The molecule has 0 saturated heterocycles. The first kappa shape index (κ1) is 14.8. The van der Waals surface area contributed by atoms with Crippen LogP contribution in [0.15, 0.2) is 0 Å². The highest BCUT2D eigenvalue weighted by atomic mass is 16.6. The van der Waals surface area contributed by atoms with Gasteiger partial charge < -0.3 is 20.3 Å². The maximum atomic E-state index is 11.6. The molecule has 0 spiro atoms. The van der Waals surface area contributed by atoms with Crippen molar-refractivity contribution in [2.45, 2.75) is 57.8 Å². The third kappa shape index (κ3) is 4.18. The summed E-state index contributed by atoms with van der Waals surface area (Å²) in [5, 5.41) is 21.1. The van der Waals surface area contributed by atoms with Crippen LogP contribution in [0.1, 0.15) is 40.0 Å². The Morgan fingerprint density at radius 1 is 1.33 bits per heavy atom. The Hall–Kier alpha value is -1.30. The highest BCUT2D eigenvalue weighted by Crippen LogP contribution is 2.28. The molecule has 0 heterocycles. The summed E-state index contributed by atoms with van der Waals surface area (Å²) in [7, 11) is 0. The van der Waals surface area contributed by atoms with Crippen molar-refractivity contribution in [3.8, 4) is 0 Å². The van der Waals surface area contributed by atoms with Gasteiger partial charge in [-0.15, -0.1) is 0 Å². The fourth-order valence-corrected chi connectivity index (χ4v) is 2.14. The van der Waals surface area contributed by atoms with Gasteiger partial charge >= 0.3 is 12.1 Å². The second kappa shape index (κ2) is 5.56. The molecule has 3 N–H and O–H groups in total. The normalized spacial score (nSPS) is 25.6. The van der Waals surface area contributed by atoms with Gasteiger partial charge in [-0.05, 0) is 33.6 Å². The smallest absolute Gasteiger partial charge is 0.408 e. The van der Waals surface area contributed by atoms with Crippen LogP contribution in [0.25, 0.3) is 0 Å². The monoisotopic (exact) mass is 259 g/mol. The fraction of sp³-hybridized carbons (Fsp3) is 0.833. The zero-order valence-electron chi connectivity index (χ0n) is 11.0. The van der Waals surface area contributed by atoms with Gasteiger partial charge in [-0.1, -0.05) is 6.42 Å². The number of ether oxygens (including phenoxy) is 1. The minimum Gasteiger partial charge on any atom is -0.480 e. The molecule has 18 heavy (non-hydrogen) atoms. The number of carbonyl (C=O) groups excluding carboxylic acids is 1. The molecule has 0 bridgehead atoms. The van der Waals surface area contributed by atoms with Crippen LogP contribution in [0.5, 0.6) is 0 Å². The van der Waals surface area contributed by atoms with Crippen LogP contribution >= 0.6 is 0 Å². The van der Waals surface area contributed by atoms with Gasteiger partial charge in [-0.3, -0.25) is 0 Å². The number of amides is 1. The Kier molecular flexibility index (Phi) is 4.56. The molecule has 6 nitrogen and oxygen atoms in total. The summed E-state index contributed by atoms with van der Waals surface area (Å²) in [6, 6.07) is -1.10. The van der Waals surface area contributed by atoms with E-state index in [1.807, 2.05) is 0 Å². The second-order valence-electron chi connectivity index (χ2n) is 5.62. The number of carboxylic acids is 1. The van der Waals surface area contributed by atoms with E-state index in [0.717, 1.165) is 6.42 Å². The lowest BCUT2D eigenvalue weighted by Crippen LogP contribution is -2.49. The lowest BCUT2D eigenvalue weighted by atomic mass is 9.96. The minimum absolute atomic E-state index is 0.449. The zero-order valence-corrected chi connectivity index (χ0v) is 11.0. The van der Waals surface area contributed by atoms with Crippen molar-refractivity contribution in [1.29, 1.82) is 0 Å². The third-order valence-electron chi connectivity index (χ3n) is 2.90. The fourth-order valence-electron chi connectivity index (χ4n) is 2.14. The predicted octanol–water partition coefficient (Wildman–Crippen LogP) is 1.13. The van der Waals surface area contributed by atoms with Crippen molar-refractivity contribution >= 4 is 12.1 Å². The van der Waals surface area contributed by atoms with Crippen molar-refractivity contribution in [1.82, 2.24) is 5.32 Å². The number of aliphatic hydroxyl groups excluding tert-OH is 1. The van der Waals surface area contributed by atoms with E-state index in [-0.39, 0.29) is 0 Å². The van der Waals surface area contributed by atoms with E-state index in [2.05, 4.69) is 5.32 Å². The molecule has 6 heteroatoms. The quantitative estimate of drug-likeness (QED) is 0.706. The Labute approximate surface area is 106 Å². The van der Waals surface area contributed by atoms with Crippen LogP contribution in [0.3, 0.4) is 0 Å². The van der Waals surface area contributed by atoms with Gasteiger partial charge in [0.1, 0.15) is 11.6 Å². The van der Waals surface area contributed by atoms with E-state index in [4.69, 9.17) is 9.84 Å². The summed E-state index contributed by atoms with van der Waals surface area (Å²) in [6.07, 6.45) is 0.485. The number of carboxylic acid groups (broad SMARTS) is 1. The van der Waals surface area contributed by atoms with E-state index in [0.29, 0.717) is 12.8 Å². The molecule has 1 rings (SSSR count). The minimum atomic E-state index is -1.15. The van der Waals surface area contributed by atoms with Crippen LogP contribution in [0.2, 0.25) is 0 Å². The van der Waals surface area contributed by atoms with Crippen molar-refractivity contribution in [2.75, 3.05) is 0 Å². The van der Waals surface area contributed by atoms with Crippen molar-refractivity contribution < 1.29 is 24.5 Å². The molecule has 0 aromatic carbocycles. The third-order valence-corrected chi connectivity index (χ3v) is 2.90. The maximum absolute atomic E-state index is 11.6. The molecular weight excluding hydrogens is 238 g/mol. The van der Waals surface area contributed by atoms with Crippen LogP contribution in [-0.4, -0.2) is 40.0 Å². The summed E-state index contributed by atoms with van der Waals surface area (Å²) in [6.45, 7) is 5.10. The number of hydrogen-bond acceptors (Lipinski definition) is 4. The van der Waals surface area contributed by atoms with E-state index in [1.54, 1.807) is 20.8 Å². The summed E-state index contributed by atoms with van der Waals surface area (Å²) in [4.78, 5) is 22.7. The van der Waals surface area contributed by atoms with Gasteiger partial charge in [0.15, 0.2) is 0 Å². The summed E-state index contributed by atoms with van der Waals surface area (Å²) in [5.74, 6) is -1.60. The molecule has 1 aliphatic rings. The van der Waals surface area contributed by atoms with Gasteiger partial charge in [0, 0.05) is 5.92 Å². The van der Waals surface area contributed by atoms with Crippen molar-refractivity contribution in [2.24, 2.45) is 5.92 Å². The van der Waals surface area contributed by atoms with Gasteiger partial charge in [0.2, 0.25) is 0 Å². The Morgan fingerprint density at radius 2 is 1.94 bits per heavy atom. The largest absolute Gasteiger partial charge is 0.480 e. The molecule has 0 aromatic heterocycles. The number of rotatable bonds is 3. The first-order valence-corrected chi connectivity index (χ1v) is 6.11. The van der Waals surface area contributed by atoms with Gasteiger partial charge in [0.05, 0.1) is 6.10 Å². The van der Waals surface area contributed by atoms with Gasteiger partial charge in [0.25, 0.3) is 0 Å². The van der Waals surface area contributed by atoms with Crippen molar-refractivity contribution in [3.05, 3.63) is 0 Å².